The molecule has 0 spiro atoms. The van der Waals surface area contributed by atoms with Crippen molar-refractivity contribution in [2.75, 3.05) is 6.61 Å². The summed E-state index contributed by atoms with van der Waals surface area (Å²) in [6, 6.07) is 11.5. The molecule has 6 nitrogen and oxygen atoms in total. The fourth-order valence-corrected chi connectivity index (χ4v) is 1.99. The largest absolute Gasteiger partial charge is 0.452 e. The molecule has 0 aliphatic rings. The number of urea groups is 1. The van der Waals surface area contributed by atoms with Crippen LogP contribution in [0.4, 0.5) is 18.0 Å². The van der Waals surface area contributed by atoms with Crippen molar-refractivity contribution in [2.24, 2.45) is 0 Å². The van der Waals surface area contributed by atoms with E-state index in [4.69, 9.17) is 0 Å². The van der Waals surface area contributed by atoms with Gasteiger partial charge in [-0.2, -0.15) is 13.2 Å². The third-order valence-electron chi connectivity index (χ3n) is 3.33. The molecule has 2 rings (SSSR count). The topological polar surface area (TPSA) is 84.5 Å². The van der Waals surface area contributed by atoms with Crippen LogP contribution >= 0.6 is 0 Å². The molecule has 9 heteroatoms. The minimum atomic E-state index is -4.52. The first-order chi connectivity index (χ1) is 12.8. The van der Waals surface area contributed by atoms with Crippen molar-refractivity contribution in [3.63, 3.8) is 0 Å². The standard InChI is InChI=1S/C18H15F3N2O4/c19-18(20,21)14-8-6-13(7-9-14)16(25)27-11-15(24)23-17(26)22-10-12-4-2-1-3-5-12/h1-9H,10-11H2,(H2,22,23,24,26). The molecule has 2 aromatic rings. The molecule has 0 unspecified atom stereocenters. The van der Waals surface area contributed by atoms with E-state index >= 15 is 0 Å². The third kappa shape index (κ3) is 6.46. The average Bonchev–Trinajstić information content (AvgIpc) is 2.64. The fraction of sp³-hybridized carbons (Fsp3) is 0.167. The quantitative estimate of drug-likeness (QED) is 0.782. The molecule has 0 heterocycles. The Morgan fingerprint density at radius 1 is 0.926 bits per heavy atom. The number of amides is 3. The number of carbonyl (C=O) groups is 3. The lowest BCUT2D eigenvalue weighted by Gasteiger charge is -2.09. The Morgan fingerprint density at radius 3 is 2.15 bits per heavy atom. The first kappa shape index (κ1) is 20.0. The highest BCUT2D eigenvalue weighted by atomic mass is 19.4. The second-order valence-electron chi connectivity index (χ2n) is 5.37. The van der Waals surface area contributed by atoms with Gasteiger partial charge in [0.05, 0.1) is 11.1 Å². The zero-order valence-electron chi connectivity index (χ0n) is 13.9. The number of carbonyl (C=O) groups excluding carboxylic acids is 3. The third-order valence-corrected chi connectivity index (χ3v) is 3.33. The van der Waals surface area contributed by atoms with Gasteiger partial charge in [0.15, 0.2) is 6.61 Å². The van der Waals surface area contributed by atoms with Crippen molar-refractivity contribution in [3.8, 4) is 0 Å². The number of rotatable bonds is 5. The van der Waals surface area contributed by atoms with E-state index in [1.807, 2.05) is 11.4 Å². The first-order valence-electron chi connectivity index (χ1n) is 7.71. The predicted octanol–water partition coefficient (Wildman–Crippen LogP) is 2.89. The van der Waals surface area contributed by atoms with Crippen LogP contribution in [0.1, 0.15) is 21.5 Å². The molecule has 0 aromatic heterocycles. The SMILES string of the molecule is O=C(COC(=O)c1ccc(C(F)(F)F)cc1)NC(=O)NCc1ccccc1. The van der Waals surface area contributed by atoms with E-state index in [0.717, 1.165) is 29.8 Å². The van der Waals surface area contributed by atoms with Gasteiger partial charge >= 0.3 is 18.2 Å². The molecular weight excluding hydrogens is 365 g/mol. The fourth-order valence-electron chi connectivity index (χ4n) is 1.99. The minimum absolute atomic E-state index is 0.149. The van der Waals surface area contributed by atoms with Gasteiger partial charge in [-0.1, -0.05) is 30.3 Å². The lowest BCUT2D eigenvalue weighted by atomic mass is 10.1. The van der Waals surface area contributed by atoms with E-state index in [0.29, 0.717) is 0 Å². The summed E-state index contributed by atoms with van der Waals surface area (Å²) in [6.07, 6.45) is -4.52. The number of hydrogen-bond acceptors (Lipinski definition) is 4. The molecule has 0 aliphatic heterocycles. The van der Waals surface area contributed by atoms with Gasteiger partial charge in [-0.25, -0.2) is 9.59 Å². The van der Waals surface area contributed by atoms with E-state index < -0.39 is 36.3 Å². The number of benzene rings is 2. The summed E-state index contributed by atoms with van der Waals surface area (Å²) in [6.45, 7) is -0.552. The Hall–Kier alpha value is -3.36. The van der Waals surface area contributed by atoms with Crippen LogP contribution in [-0.4, -0.2) is 24.5 Å². The average molecular weight is 380 g/mol. The minimum Gasteiger partial charge on any atom is -0.452 e. The number of nitrogens with one attached hydrogen (secondary N) is 2. The van der Waals surface area contributed by atoms with Crippen LogP contribution < -0.4 is 10.6 Å². The second-order valence-corrected chi connectivity index (χ2v) is 5.37. The highest BCUT2D eigenvalue weighted by Gasteiger charge is 2.30. The monoisotopic (exact) mass is 380 g/mol. The van der Waals surface area contributed by atoms with Gasteiger partial charge in [0.2, 0.25) is 0 Å². The maximum absolute atomic E-state index is 12.5. The van der Waals surface area contributed by atoms with Crippen LogP contribution in [0.15, 0.2) is 54.6 Å². The van der Waals surface area contributed by atoms with Crippen molar-refractivity contribution in [1.29, 1.82) is 0 Å². The molecule has 2 N–H and O–H groups in total. The van der Waals surface area contributed by atoms with Gasteiger partial charge in [0.1, 0.15) is 0 Å². The second kappa shape index (κ2) is 8.84. The van der Waals surface area contributed by atoms with Crippen LogP contribution in [-0.2, 0) is 22.3 Å². The van der Waals surface area contributed by atoms with Crippen LogP contribution in [0, 0.1) is 0 Å². The van der Waals surface area contributed by atoms with Gasteiger partial charge in [-0.05, 0) is 29.8 Å². The van der Waals surface area contributed by atoms with Gasteiger partial charge in [-0.15, -0.1) is 0 Å². The molecule has 0 aliphatic carbocycles. The predicted molar refractivity (Wildman–Crippen MR) is 88.5 cm³/mol. The summed E-state index contributed by atoms with van der Waals surface area (Å²) < 4.78 is 42.0. The van der Waals surface area contributed by atoms with Gasteiger partial charge < -0.3 is 10.1 Å². The highest BCUT2D eigenvalue weighted by Crippen LogP contribution is 2.29. The summed E-state index contributed by atoms with van der Waals surface area (Å²) in [4.78, 5) is 34.9. The summed E-state index contributed by atoms with van der Waals surface area (Å²) in [5.41, 5.74) is -0.231. The normalized spacial score (nSPS) is 10.8. The van der Waals surface area contributed by atoms with E-state index in [1.165, 1.54) is 0 Å². The van der Waals surface area contributed by atoms with E-state index in [9.17, 15) is 27.6 Å². The zero-order chi connectivity index (χ0) is 19.9. The number of halogens is 3. The van der Waals surface area contributed by atoms with Crippen LogP contribution in [0.3, 0.4) is 0 Å². The smallest absolute Gasteiger partial charge is 0.416 e. The molecule has 0 saturated carbocycles. The van der Waals surface area contributed by atoms with Crippen LogP contribution in [0.2, 0.25) is 0 Å². The van der Waals surface area contributed by atoms with E-state index in [-0.39, 0.29) is 12.1 Å². The van der Waals surface area contributed by atoms with Crippen molar-refractivity contribution in [3.05, 3.63) is 71.3 Å². The van der Waals surface area contributed by atoms with E-state index in [2.05, 4.69) is 10.1 Å². The molecule has 0 radical (unpaired) electrons. The molecule has 0 atom stereocenters. The first-order valence-corrected chi connectivity index (χ1v) is 7.71. The van der Waals surface area contributed by atoms with Crippen molar-refractivity contribution < 1.29 is 32.3 Å². The summed E-state index contributed by atoms with van der Waals surface area (Å²) in [5, 5.41) is 4.42. The molecule has 0 saturated heterocycles. The number of hydrogen-bond donors (Lipinski definition) is 2. The Morgan fingerprint density at radius 2 is 1.56 bits per heavy atom. The Balaban J connectivity index is 1.76. The summed E-state index contributed by atoms with van der Waals surface area (Å²) in [5.74, 6) is -1.86. The Labute approximate surface area is 152 Å². The van der Waals surface area contributed by atoms with Gasteiger partial charge in [0.25, 0.3) is 5.91 Å². The summed E-state index contributed by atoms with van der Waals surface area (Å²) >= 11 is 0. The molecule has 2 aromatic carbocycles. The number of esters is 1. The number of imide groups is 1. The zero-order valence-corrected chi connectivity index (χ0v) is 13.9. The lowest BCUT2D eigenvalue weighted by Crippen LogP contribution is -2.41. The number of ether oxygens (including phenoxy) is 1. The molecule has 142 valence electrons. The van der Waals surface area contributed by atoms with Crippen LogP contribution in [0.25, 0.3) is 0 Å². The molecule has 0 fully saturated rings. The lowest BCUT2D eigenvalue weighted by molar-refractivity contribution is -0.137. The molecule has 0 bridgehead atoms. The summed E-state index contributed by atoms with van der Waals surface area (Å²) in [7, 11) is 0. The van der Waals surface area contributed by atoms with Crippen molar-refractivity contribution in [1.82, 2.24) is 10.6 Å². The molecular formula is C18H15F3N2O4. The van der Waals surface area contributed by atoms with Crippen LogP contribution in [0.5, 0.6) is 0 Å². The maximum atomic E-state index is 12.5. The Bertz CT molecular complexity index is 806. The number of alkyl halides is 3. The van der Waals surface area contributed by atoms with E-state index in [1.54, 1.807) is 24.3 Å². The van der Waals surface area contributed by atoms with Crippen molar-refractivity contribution >= 4 is 17.9 Å². The van der Waals surface area contributed by atoms with Gasteiger partial charge in [0, 0.05) is 6.54 Å². The maximum Gasteiger partial charge on any atom is 0.416 e. The highest BCUT2D eigenvalue weighted by molar-refractivity contribution is 5.97. The van der Waals surface area contributed by atoms with Crippen molar-refractivity contribution in [2.45, 2.75) is 12.7 Å². The van der Waals surface area contributed by atoms with Gasteiger partial charge in [-0.3, -0.25) is 10.1 Å². The Kier molecular flexibility index (Phi) is 6.53. The molecule has 3 amide bonds. The molecule has 27 heavy (non-hydrogen) atoms.